The highest BCUT2D eigenvalue weighted by Gasteiger charge is 2.47. The van der Waals surface area contributed by atoms with Gasteiger partial charge in [0, 0.05) is 0 Å². The van der Waals surface area contributed by atoms with Gasteiger partial charge >= 0.3 is 6.18 Å². The fraction of sp³-hybridized carbons (Fsp3) is 0.625. The summed E-state index contributed by atoms with van der Waals surface area (Å²) in [7, 11) is 0. The van der Waals surface area contributed by atoms with Crippen LogP contribution in [0.25, 0.3) is 0 Å². The average molecular weight is 286 g/mol. The maximum Gasteiger partial charge on any atom is 0.391 e. The summed E-state index contributed by atoms with van der Waals surface area (Å²) in [6.07, 6.45) is -3.51. The molecule has 0 saturated heterocycles. The molecule has 0 radical (unpaired) electrons. The Morgan fingerprint density at radius 2 is 1.70 bits per heavy atom. The Balaban J connectivity index is 2.38. The van der Waals surface area contributed by atoms with Gasteiger partial charge in [-0.05, 0) is 68.7 Å². The highest BCUT2D eigenvalue weighted by atomic mass is 19.4. The fourth-order valence-electron chi connectivity index (χ4n) is 3.24. The van der Waals surface area contributed by atoms with E-state index in [1.165, 1.54) is 0 Å². The zero-order valence-corrected chi connectivity index (χ0v) is 12.1. The van der Waals surface area contributed by atoms with E-state index in [-0.39, 0.29) is 12.8 Å². The molecule has 0 aliphatic heterocycles. The van der Waals surface area contributed by atoms with Crippen LogP contribution in [0.1, 0.15) is 47.9 Å². The van der Waals surface area contributed by atoms with Gasteiger partial charge in [0.25, 0.3) is 0 Å². The normalized spacial score (nSPS) is 27.6. The van der Waals surface area contributed by atoms with E-state index < -0.39 is 17.7 Å². The van der Waals surface area contributed by atoms with E-state index in [2.05, 4.69) is 0 Å². The van der Waals surface area contributed by atoms with E-state index in [0.717, 1.165) is 16.7 Å². The molecular formula is C16H21F3O. The first-order chi connectivity index (χ1) is 9.13. The van der Waals surface area contributed by atoms with E-state index in [1.807, 2.05) is 32.9 Å². The van der Waals surface area contributed by atoms with Gasteiger partial charge in [-0.1, -0.05) is 12.1 Å². The van der Waals surface area contributed by atoms with E-state index in [0.29, 0.717) is 18.4 Å². The molecule has 2 unspecified atom stereocenters. The minimum Gasteiger partial charge on any atom is -0.385 e. The first-order valence-electron chi connectivity index (χ1n) is 7.01. The second kappa shape index (κ2) is 5.06. The van der Waals surface area contributed by atoms with Crippen LogP contribution < -0.4 is 0 Å². The lowest BCUT2D eigenvalue weighted by Gasteiger charge is -2.39. The van der Waals surface area contributed by atoms with E-state index in [9.17, 15) is 18.3 Å². The highest BCUT2D eigenvalue weighted by Crippen LogP contribution is 2.47. The predicted octanol–water partition coefficient (Wildman–Crippen LogP) is 4.55. The molecule has 0 bridgehead atoms. The van der Waals surface area contributed by atoms with Crippen LogP contribution in [-0.4, -0.2) is 11.3 Å². The fourth-order valence-corrected chi connectivity index (χ4v) is 3.24. The molecule has 2 atom stereocenters. The molecule has 1 fully saturated rings. The number of aliphatic hydroxyl groups is 1. The van der Waals surface area contributed by atoms with Crippen LogP contribution in [0.5, 0.6) is 0 Å². The van der Waals surface area contributed by atoms with Crippen molar-refractivity contribution in [3.63, 3.8) is 0 Å². The third-order valence-electron chi connectivity index (χ3n) is 4.53. The topological polar surface area (TPSA) is 20.2 Å². The lowest BCUT2D eigenvalue weighted by molar-refractivity contribution is -0.202. The largest absolute Gasteiger partial charge is 0.391 e. The summed E-state index contributed by atoms with van der Waals surface area (Å²) in [5.41, 5.74) is 2.29. The zero-order valence-electron chi connectivity index (χ0n) is 12.1. The quantitative estimate of drug-likeness (QED) is 0.803. The van der Waals surface area contributed by atoms with Gasteiger partial charge in [0.1, 0.15) is 0 Å². The van der Waals surface area contributed by atoms with Crippen molar-refractivity contribution in [3.05, 3.63) is 34.4 Å². The number of alkyl halides is 3. The summed E-state index contributed by atoms with van der Waals surface area (Å²) in [4.78, 5) is 0. The molecule has 2 rings (SSSR count). The monoisotopic (exact) mass is 286 g/mol. The van der Waals surface area contributed by atoms with Crippen LogP contribution >= 0.6 is 0 Å². The van der Waals surface area contributed by atoms with E-state index in [1.54, 1.807) is 0 Å². The van der Waals surface area contributed by atoms with Crippen molar-refractivity contribution < 1.29 is 18.3 Å². The van der Waals surface area contributed by atoms with Crippen LogP contribution in [0, 0.1) is 26.7 Å². The molecule has 1 aliphatic rings. The maximum atomic E-state index is 12.9. The van der Waals surface area contributed by atoms with Crippen molar-refractivity contribution >= 4 is 0 Å². The molecule has 1 N–H and O–H groups in total. The average Bonchev–Trinajstić information content (AvgIpc) is 2.32. The second-order valence-corrected chi connectivity index (χ2v) is 6.12. The molecule has 0 spiro atoms. The molecule has 1 saturated carbocycles. The van der Waals surface area contributed by atoms with Gasteiger partial charge in [0.15, 0.2) is 0 Å². The standard InChI is InChI=1S/C16H21F3O/c1-10-7-12(3)14(8-11(10)2)15(20)6-4-5-13(9-15)16(17,18)19/h7-8,13,20H,4-6,9H2,1-3H3. The zero-order chi connectivity index (χ0) is 15.1. The van der Waals surface area contributed by atoms with Gasteiger partial charge in [-0.2, -0.15) is 13.2 Å². The van der Waals surface area contributed by atoms with Crippen molar-refractivity contribution in [1.29, 1.82) is 0 Å². The lowest BCUT2D eigenvalue weighted by Crippen LogP contribution is -2.39. The van der Waals surface area contributed by atoms with Crippen molar-refractivity contribution in [2.45, 2.75) is 58.2 Å². The van der Waals surface area contributed by atoms with Gasteiger partial charge in [-0.25, -0.2) is 0 Å². The SMILES string of the molecule is Cc1cc(C)c(C2(O)CCCC(C(F)(F)F)C2)cc1C. The number of hydrogen-bond acceptors (Lipinski definition) is 1. The molecule has 1 nitrogen and oxygen atoms in total. The van der Waals surface area contributed by atoms with Gasteiger partial charge in [0.2, 0.25) is 0 Å². The molecule has 20 heavy (non-hydrogen) atoms. The predicted molar refractivity (Wildman–Crippen MR) is 72.6 cm³/mol. The molecule has 1 aromatic rings. The Hall–Kier alpha value is -1.03. The third-order valence-corrected chi connectivity index (χ3v) is 4.53. The van der Waals surface area contributed by atoms with E-state index in [4.69, 9.17) is 0 Å². The second-order valence-electron chi connectivity index (χ2n) is 6.12. The van der Waals surface area contributed by atoms with Gasteiger partial charge in [-0.15, -0.1) is 0 Å². The molecule has 0 amide bonds. The number of hydrogen-bond donors (Lipinski definition) is 1. The highest BCUT2D eigenvalue weighted by molar-refractivity contribution is 5.40. The molecule has 1 aromatic carbocycles. The van der Waals surface area contributed by atoms with Crippen molar-refractivity contribution in [2.24, 2.45) is 5.92 Å². The Labute approximate surface area is 117 Å². The van der Waals surface area contributed by atoms with Gasteiger partial charge < -0.3 is 5.11 Å². The van der Waals surface area contributed by atoms with Crippen molar-refractivity contribution in [1.82, 2.24) is 0 Å². The molecular weight excluding hydrogens is 265 g/mol. The van der Waals surface area contributed by atoms with Gasteiger partial charge in [-0.3, -0.25) is 0 Å². The Morgan fingerprint density at radius 3 is 2.30 bits per heavy atom. The summed E-state index contributed by atoms with van der Waals surface area (Å²) in [5, 5.41) is 10.8. The first-order valence-corrected chi connectivity index (χ1v) is 7.01. The molecule has 0 aromatic heterocycles. The molecule has 1 aliphatic carbocycles. The smallest absolute Gasteiger partial charge is 0.385 e. The van der Waals surface area contributed by atoms with Crippen LogP contribution in [0.15, 0.2) is 12.1 Å². The van der Waals surface area contributed by atoms with Crippen molar-refractivity contribution in [3.8, 4) is 0 Å². The number of rotatable bonds is 1. The van der Waals surface area contributed by atoms with Crippen LogP contribution in [0.2, 0.25) is 0 Å². The number of halogens is 3. The van der Waals surface area contributed by atoms with Gasteiger partial charge in [0.05, 0.1) is 11.5 Å². The summed E-state index contributed by atoms with van der Waals surface area (Å²) in [6.45, 7) is 5.75. The third kappa shape index (κ3) is 2.85. The summed E-state index contributed by atoms with van der Waals surface area (Å²) >= 11 is 0. The number of aryl methyl sites for hydroxylation is 3. The Kier molecular flexibility index (Phi) is 3.89. The lowest BCUT2D eigenvalue weighted by atomic mass is 9.72. The van der Waals surface area contributed by atoms with E-state index >= 15 is 0 Å². The minimum atomic E-state index is -4.22. The Bertz CT molecular complexity index is 507. The maximum absolute atomic E-state index is 12.9. The summed E-state index contributed by atoms with van der Waals surface area (Å²) in [6, 6.07) is 3.79. The van der Waals surface area contributed by atoms with Crippen LogP contribution in [0.3, 0.4) is 0 Å². The van der Waals surface area contributed by atoms with Crippen molar-refractivity contribution in [2.75, 3.05) is 0 Å². The first kappa shape index (κ1) is 15.4. The minimum absolute atomic E-state index is 0.121. The molecule has 112 valence electrons. The van der Waals surface area contributed by atoms with Crippen LogP contribution in [-0.2, 0) is 5.60 Å². The Morgan fingerprint density at radius 1 is 1.10 bits per heavy atom. The molecule has 0 heterocycles. The molecule has 4 heteroatoms. The number of benzene rings is 1. The summed E-state index contributed by atoms with van der Waals surface area (Å²) < 4.78 is 38.8. The van der Waals surface area contributed by atoms with Crippen LogP contribution in [0.4, 0.5) is 13.2 Å². The summed E-state index contributed by atoms with van der Waals surface area (Å²) in [5.74, 6) is -1.40.